The minimum atomic E-state index is -2.31. The SMILES string of the molecule is [B]C([B])([B])[C@@]([B])(O)CC(=O)O. The summed E-state index contributed by atoms with van der Waals surface area (Å²) in [7, 11) is 19.9. The third-order valence-corrected chi connectivity index (χ3v) is 1.17. The average Bonchev–Trinajstić information content (AvgIpc) is 1.56. The maximum absolute atomic E-state index is 10.1. The van der Waals surface area contributed by atoms with Crippen molar-refractivity contribution in [2.24, 2.45) is 0 Å². The molecule has 3 nitrogen and oxygen atoms in total. The summed E-state index contributed by atoms with van der Waals surface area (Å²) >= 11 is 0. The lowest BCUT2D eigenvalue weighted by atomic mass is 9.32. The molecule has 0 heterocycles. The van der Waals surface area contributed by atoms with Gasteiger partial charge in [0.25, 0.3) is 0 Å². The van der Waals surface area contributed by atoms with Crippen molar-refractivity contribution >= 4 is 37.4 Å². The van der Waals surface area contributed by atoms with Crippen LogP contribution in [0.4, 0.5) is 0 Å². The van der Waals surface area contributed by atoms with Crippen LogP contribution in [0.1, 0.15) is 6.42 Å². The number of hydrogen-bond donors (Lipinski definition) is 2. The molecule has 0 spiro atoms. The molecule has 0 aliphatic carbocycles. The molecule has 8 radical (unpaired) electrons. The van der Waals surface area contributed by atoms with Crippen LogP contribution in [0.25, 0.3) is 0 Å². The number of rotatable bonds is 3. The van der Waals surface area contributed by atoms with E-state index in [9.17, 15) is 4.79 Å². The lowest BCUT2D eigenvalue weighted by Crippen LogP contribution is -2.46. The molecule has 0 unspecified atom stereocenters. The fraction of sp³-hybridized carbons (Fsp3) is 0.750. The largest absolute Gasteiger partial charge is 0.481 e. The van der Waals surface area contributed by atoms with Crippen molar-refractivity contribution in [1.29, 1.82) is 0 Å². The molecular formula is C4H4B4O3. The Morgan fingerprint density at radius 1 is 1.27 bits per heavy atom. The predicted molar refractivity (Wildman–Crippen MR) is 42.9 cm³/mol. The number of aliphatic hydroxyl groups is 1. The lowest BCUT2D eigenvalue weighted by molar-refractivity contribution is -0.140. The van der Waals surface area contributed by atoms with Gasteiger partial charge in [-0.15, -0.1) is 5.11 Å². The fourth-order valence-corrected chi connectivity index (χ4v) is 0.384. The summed E-state index contributed by atoms with van der Waals surface area (Å²) in [6.07, 6.45) is -0.809. The van der Waals surface area contributed by atoms with Gasteiger partial charge >= 0.3 is 5.97 Å². The highest BCUT2D eigenvalue weighted by atomic mass is 16.4. The van der Waals surface area contributed by atoms with Crippen molar-refractivity contribution in [3.63, 3.8) is 0 Å². The second-order valence-electron chi connectivity index (χ2n) is 2.43. The quantitative estimate of drug-likeness (QED) is 0.445. The van der Waals surface area contributed by atoms with Crippen LogP contribution in [0, 0.1) is 0 Å². The zero-order chi connectivity index (χ0) is 9.28. The van der Waals surface area contributed by atoms with Gasteiger partial charge in [0.2, 0.25) is 0 Å². The monoisotopic (exact) mass is 144 g/mol. The molecule has 11 heavy (non-hydrogen) atoms. The van der Waals surface area contributed by atoms with Gasteiger partial charge < -0.3 is 10.2 Å². The van der Waals surface area contributed by atoms with Crippen LogP contribution in [0.5, 0.6) is 0 Å². The second kappa shape index (κ2) is 2.97. The third kappa shape index (κ3) is 3.06. The van der Waals surface area contributed by atoms with Crippen molar-refractivity contribution in [3.8, 4) is 0 Å². The molecule has 0 aromatic carbocycles. The number of hydrogen-bond acceptors (Lipinski definition) is 2. The highest BCUT2D eigenvalue weighted by molar-refractivity contribution is 6.62. The minimum Gasteiger partial charge on any atom is -0.481 e. The van der Waals surface area contributed by atoms with Crippen molar-refractivity contribution in [2.75, 3.05) is 0 Å². The molecule has 0 aliphatic rings. The van der Waals surface area contributed by atoms with E-state index in [-0.39, 0.29) is 0 Å². The molecule has 2 N–H and O–H groups in total. The summed E-state index contributed by atoms with van der Waals surface area (Å²) in [5.74, 6) is -1.33. The molecule has 0 amide bonds. The summed E-state index contributed by atoms with van der Waals surface area (Å²) in [6, 6.07) is 0. The smallest absolute Gasteiger partial charge is 0.305 e. The topological polar surface area (TPSA) is 57.5 Å². The van der Waals surface area contributed by atoms with Gasteiger partial charge in [-0.25, -0.2) is 0 Å². The zero-order valence-electron chi connectivity index (χ0n) is 5.82. The van der Waals surface area contributed by atoms with E-state index < -0.39 is 23.0 Å². The molecule has 7 heteroatoms. The first-order valence-electron chi connectivity index (χ1n) is 2.76. The Labute approximate surface area is 70.2 Å². The van der Waals surface area contributed by atoms with Crippen LogP contribution in [0.15, 0.2) is 0 Å². The Hall–Kier alpha value is -0.310. The number of carboxylic acids is 1. The summed E-state index contributed by atoms with van der Waals surface area (Å²) in [5, 5.41) is 15.1. The van der Waals surface area contributed by atoms with E-state index >= 15 is 0 Å². The minimum absolute atomic E-state index is 0.809. The Bertz CT molecular complexity index is 161. The van der Waals surface area contributed by atoms with Crippen molar-refractivity contribution in [1.82, 2.24) is 0 Å². The average molecular weight is 143 g/mol. The van der Waals surface area contributed by atoms with E-state index in [0.29, 0.717) is 0 Å². The normalized spacial score (nSPS) is 17.2. The van der Waals surface area contributed by atoms with E-state index in [1.807, 2.05) is 0 Å². The maximum atomic E-state index is 10.1. The van der Waals surface area contributed by atoms with Crippen LogP contribution < -0.4 is 0 Å². The third-order valence-electron chi connectivity index (χ3n) is 1.17. The van der Waals surface area contributed by atoms with Gasteiger partial charge in [0, 0.05) is 5.50 Å². The molecule has 0 saturated carbocycles. The summed E-state index contributed by atoms with van der Waals surface area (Å²) in [4.78, 5) is 10.1. The molecule has 0 aromatic rings. The molecular weight excluding hydrogens is 139 g/mol. The Morgan fingerprint density at radius 3 is 1.73 bits per heavy atom. The summed E-state index contributed by atoms with van der Waals surface area (Å²) in [6.45, 7) is 0. The molecule has 0 saturated heterocycles. The first-order chi connectivity index (χ1) is 4.67. The van der Waals surface area contributed by atoms with Crippen LogP contribution in [0.3, 0.4) is 0 Å². The van der Waals surface area contributed by atoms with Gasteiger partial charge in [-0.05, 0) is 0 Å². The summed E-state index contributed by atoms with van der Waals surface area (Å²) in [5.41, 5.74) is -2.31. The zero-order valence-corrected chi connectivity index (χ0v) is 5.82. The molecule has 0 aliphatic heterocycles. The van der Waals surface area contributed by atoms with Gasteiger partial charge in [0.15, 0.2) is 0 Å². The van der Waals surface area contributed by atoms with Crippen molar-refractivity contribution < 1.29 is 15.0 Å². The Morgan fingerprint density at radius 2 is 1.64 bits per heavy atom. The van der Waals surface area contributed by atoms with Gasteiger partial charge in [-0.2, -0.15) is 0 Å². The van der Waals surface area contributed by atoms with Gasteiger partial charge in [-0.3, -0.25) is 4.79 Å². The van der Waals surface area contributed by atoms with Crippen molar-refractivity contribution in [2.45, 2.75) is 17.0 Å². The number of carboxylic acid groups (broad SMARTS) is 1. The number of aliphatic carboxylic acids is 1. The van der Waals surface area contributed by atoms with E-state index in [1.54, 1.807) is 0 Å². The summed E-state index contributed by atoms with van der Waals surface area (Å²) < 4.78 is 0. The van der Waals surface area contributed by atoms with E-state index in [1.165, 1.54) is 0 Å². The van der Waals surface area contributed by atoms with Crippen LogP contribution in [-0.4, -0.2) is 53.1 Å². The Kier molecular flexibility index (Phi) is 2.89. The standard InChI is InChI=1S/C4H4B4O3/c5-3(11,1-2(9)10)4(6,7)8/h11H,1H2,(H,9,10)/t3-/m0/s1. The molecule has 0 fully saturated rings. The van der Waals surface area contributed by atoms with Crippen LogP contribution in [-0.2, 0) is 4.79 Å². The van der Waals surface area contributed by atoms with Gasteiger partial charge in [0.1, 0.15) is 7.85 Å². The second-order valence-corrected chi connectivity index (χ2v) is 2.43. The molecule has 50 valence electrons. The molecule has 0 rings (SSSR count). The van der Waals surface area contributed by atoms with Crippen molar-refractivity contribution in [3.05, 3.63) is 0 Å². The predicted octanol–water partition coefficient (Wildman–Crippen LogP) is -2.10. The first-order valence-corrected chi connectivity index (χ1v) is 2.76. The lowest BCUT2D eigenvalue weighted by Gasteiger charge is -2.38. The van der Waals surface area contributed by atoms with Gasteiger partial charge in [0.05, 0.1) is 30.0 Å². The maximum Gasteiger partial charge on any atom is 0.305 e. The molecule has 0 aromatic heterocycles. The Balaban J connectivity index is 4.34. The van der Waals surface area contributed by atoms with E-state index in [4.69, 9.17) is 41.6 Å². The van der Waals surface area contributed by atoms with Gasteiger partial charge in [-0.1, -0.05) is 0 Å². The highest BCUT2D eigenvalue weighted by Gasteiger charge is 2.34. The van der Waals surface area contributed by atoms with Crippen LogP contribution in [0.2, 0.25) is 5.11 Å². The van der Waals surface area contributed by atoms with E-state index in [0.717, 1.165) is 0 Å². The highest BCUT2D eigenvalue weighted by Crippen LogP contribution is 2.27. The van der Waals surface area contributed by atoms with E-state index in [2.05, 4.69) is 0 Å². The first kappa shape index (κ1) is 10.7. The number of carbonyl (C=O) groups is 1. The molecule has 1 atom stereocenters. The molecule has 0 bridgehead atoms. The van der Waals surface area contributed by atoms with Crippen LogP contribution >= 0.6 is 0 Å². The fourth-order valence-electron chi connectivity index (χ4n) is 0.384.